The highest BCUT2D eigenvalue weighted by Gasteiger charge is 2.52. The molecule has 1 aromatic carbocycles. The summed E-state index contributed by atoms with van der Waals surface area (Å²) in [6.07, 6.45) is 2.92. The number of methoxy groups -OCH3 is 1. The van der Waals surface area contributed by atoms with E-state index < -0.39 is 6.23 Å². The Balaban J connectivity index is 1.91. The number of carbonyl (C=O) groups excluding carboxylic acids is 1. The fourth-order valence-electron chi connectivity index (χ4n) is 4.39. The molecular formula is C20H29NO3. The molecule has 1 saturated heterocycles. The second-order valence-corrected chi connectivity index (χ2v) is 7.84. The lowest BCUT2D eigenvalue weighted by atomic mass is 9.69. The van der Waals surface area contributed by atoms with Crippen LogP contribution in [-0.2, 0) is 20.8 Å². The first-order chi connectivity index (χ1) is 11.4. The molecule has 1 heterocycles. The van der Waals surface area contributed by atoms with Crippen molar-refractivity contribution in [1.29, 1.82) is 0 Å². The molecule has 0 spiro atoms. The maximum absolute atomic E-state index is 12.4. The first kappa shape index (κ1) is 17.4. The van der Waals surface area contributed by atoms with Crippen LogP contribution in [0.2, 0.25) is 0 Å². The molecule has 0 aromatic heterocycles. The molecule has 2 fully saturated rings. The number of hydrogen-bond donors (Lipinski definition) is 0. The first-order valence-electron chi connectivity index (χ1n) is 8.97. The molecule has 2 aliphatic rings. The maximum atomic E-state index is 12.4. The highest BCUT2D eigenvalue weighted by molar-refractivity contribution is 5.74. The quantitative estimate of drug-likeness (QED) is 0.793. The van der Waals surface area contributed by atoms with Crippen molar-refractivity contribution in [2.45, 2.75) is 64.4 Å². The van der Waals surface area contributed by atoms with Gasteiger partial charge in [-0.3, -0.25) is 4.90 Å². The van der Waals surface area contributed by atoms with Crippen LogP contribution in [0.15, 0.2) is 30.3 Å². The molecule has 4 heteroatoms. The van der Waals surface area contributed by atoms with Crippen molar-refractivity contribution < 1.29 is 14.3 Å². The van der Waals surface area contributed by atoms with Crippen LogP contribution in [0.3, 0.4) is 0 Å². The van der Waals surface area contributed by atoms with Gasteiger partial charge < -0.3 is 9.47 Å². The third-order valence-electron chi connectivity index (χ3n) is 5.89. The van der Waals surface area contributed by atoms with Crippen molar-refractivity contribution in [2.75, 3.05) is 7.11 Å². The van der Waals surface area contributed by atoms with Gasteiger partial charge in [-0.1, -0.05) is 43.7 Å². The summed E-state index contributed by atoms with van der Waals surface area (Å²) in [5, 5.41) is 0. The highest BCUT2D eigenvalue weighted by atomic mass is 16.6. The van der Waals surface area contributed by atoms with Crippen LogP contribution in [-0.4, -0.2) is 35.8 Å². The Morgan fingerprint density at radius 3 is 2.67 bits per heavy atom. The molecule has 1 aliphatic heterocycles. The van der Waals surface area contributed by atoms with Crippen LogP contribution in [0.5, 0.6) is 0 Å². The monoisotopic (exact) mass is 331 g/mol. The number of nitrogens with zero attached hydrogens (tertiary/aromatic N) is 1. The number of hydrogen-bond acceptors (Lipinski definition) is 4. The van der Waals surface area contributed by atoms with E-state index in [4.69, 9.17) is 9.47 Å². The van der Waals surface area contributed by atoms with Gasteiger partial charge in [0.25, 0.3) is 0 Å². The van der Waals surface area contributed by atoms with Crippen LogP contribution < -0.4 is 0 Å². The smallest absolute Gasteiger partial charge is 0.350 e. The molecular weight excluding hydrogens is 302 g/mol. The molecule has 4 nitrogen and oxygen atoms in total. The maximum Gasteiger partial charge on any atom is 0.350 e. The van der Waals surface area contributed by atoms with E-state index in [0.29, 0.717) is 18.4 Å². The van der Waals surface area contributed by atoms with Gasteiger partial charge in [0, 0.05) is 18.0 Å². The van der Waals surface area contributed by atoms with Crippen molar-refractivity contribution in [1.82, 2.24) is 4.90 Å². The van der Waals surface area contributed by atoms with Crippen LogP contribution in [0.4, 0.5) is 0 Å². The van der Waals surface area contributed by atoms with Gasteiger partial charge in [0.15, 0.2) is 0 Å². The standard InChI is InChI=1S/C20H29NO3/c1-14-10-11-16-17(12-14)24-18(19(22)23-4)21(20(16,2)3)13-15-8-6-5-7-9-15/h5-9,14,16-18H,10-13H2,1-4H3/t14-,16-,17-,18+/m1/s1. The van der Waals surface area contributed by atoms with E-state index >= 15 is 0 Å². The van der Waals surface area contributed by atoms with Gasteiger partial charge in [-0.25, -0.2) is 4.79 Å². The van der Waals surface area contributed by atoms with Crippen LogP contribution >= 0.6 is 0 Å². The minimum Gasteiger partial charge on any atom is -0.466 e. The van der Waals surface area contributed by atoms with Crippen molar-refractivity contribution in [2.24, 2.45) is 11.8 Å². The summed E-state index contributed by atoms with van der Waals surface area (Å²) in [5.74, 6) is 0.801. The van der Waals surface area contributed by atoms with E-state index in [1.165, 1.54) is 19.1 Å². The summed E-state index contributed by atoms with van der Waals surface area (Å²) in [6, 6.07) is 10.3. The molecule has 0 amide bonds. The Morgan fingerprint density at radius 1 is 1.29 bits per heavy atom. The molecule has 1 aromatic rings. The van der Waals surface area contributed by atoms with E-state index in [1.54, 1.807) is 0 Å². The third kappa shape index (κ3) is 3.22. The second-order valence-electron chi connectivity index (χ2n) is 7.84. The van der Waals surface area contributed by atoms with Crippen molar-refractivity contribution in [3.05, 3.63) is 35.9 Å². The molecule has 0 radical (unpaired) electrons. The molecule has 24 heavy (non-hydrogen) atoms. The second kappa shape index (κ2) is 6.85. The molecule has 0 N–H and O–H groups in total. The lowest BCUT2D eigenvalue weighted by Crippen LogP contribution is -2.66. The summed E-state index contributed by atoms with van der Waals surface area (Å²) in [5.41, 5.74) is 1.07. The zero-order valence-corrected chi connectivity index (χ0v) is 15.2. The Bertz CT molecular complexity index is 572. The Hall–Kier alpha value is -1.39. The van der Waals surface area contributed by atoms with E-state index in [1.807, 2.05) is 18.2 Å². The predicted molar refractivity (Wildman–Crippen MR) is 93.2 cm³/mol. The molecule has 1 saturated carbocycles. The molecule has 0 bridgehead atoms. The fraction of sp³-hybridized carbons (Fsp3) is 0.650. The van der Waals surface area contributed by atoms with E-state index in [9.17, 15) is 4.79 Å². The lowest BCUT2D eigenvalue weighted by Gasteiger charge is -2.56. The summed E-state index contributed by atoms with van der Waals surface area (Å²) < 4.78 is 11.3. The van der Waals surface area contributed by atoms with Gasteiger partial charge >= 0.3 is 5.97 Å². The molecule has 132 valence electrons. The van der Waals surface area contributed by atoms with Crippen LogP contribution in [0.25, 0.3) is 0 Å². The van der Waals surface area contributed by atoms with E-state index in [2.05, 4.69) is 37.8 Å². The van der Waals surface area contributed by atoms with Crippen LogP contribution in [0.1, 0.15) is 45.6 Å². The largest absolute Gasteiger partial charge is 0.466 e. The summed E-state index contributed by atoms with van der Waals surface area (Å²) >= 11 is 0. The number of benzene rings is 1. The third-order valence-corrected chi connectivity index (χ3v) is 5.89. The van der Waals surface area contributed by atoms with Gasteiger partial charge in [-0.2, -0.15) is 0 Å². The van der Waals surface area contributed by atoms with Crippen LogP contribution in [0, 0.1) is 11.8 Å². The SMILES string of the molecule is COC(=O)[C@@H]1O[C@@H]2C[C@H](C)CC[C@H]2C(C)(C)N1Cc1ccccc1. The minimum atomic E-state index is -0.628. The average Bonchev–Trinajstić information content (AvgIpc) is 2.57. The van der Waals surface area contributed by atoms with Gasteiger partial charge in [-0.15, -0.1) is 0 Å². The molecule has 4 atom stereocenters. The number of rotatable bonds is 3. The number of carbonyl (C=O) groups is 1. The summed E-state index contributed by atoms with van der Waals surface area (Å²) in [4.78, 5) is 14.6. The minimum absolute atomic E-state index is 0.113. The Morgan fingerprint density at radius 2 is 2.00 bits per heavy atom. The highest BCUT2D eigenvalue weighted by Crippen LogP contribution is 2.45. The first-order valence-corrected chi connectivity index (χ1v) is 8.97. The Labute approximate surface area is 145 Å². The van der Waals surface area contributed by atoms with E-state index in [-0.39, 0.29) is 17.6 Å². The van der Waals surface area contributed by atoms with E-state index in [0.717, 1.165) is 12.8 Å². The molecule has 0 unspecified atom stereocenters. The summed E-state index contributed by atoms with van der Waals surface area (Å²) in [6.45, 7) is 7.46. The van der Waals surface area contributed by atoms with Gasteiger partial charge in [0.2, 0.25) is 6.23 Å². The number of esters is 1. The summed E-state index contributed by atoms with van der Waals surface area (Å²) in [7, 11) is 1.44. The van der Waals surface area contributed by atoms with Crippen molar-refractivity contribution in [3.63, 3.8) is 0 Å². The lowest BCUT2D eigenvalue weighted by molar-refractivity contribution is -0.242. The fourth-order valence-corrected chi connectivity index (χ4v) is 4.39. The van der Waals surface area contributed by atoms with Gasteiger partial charge in [0.05, 0.1) is 13.2 Å². The topological polar surface area (TPSA) is 38.8 Å². The molecule has 3 rings (SSSR count). The number of fused-ring (bicyclic) bond motifs is 1. The van der Waals surface area contributed by atoms with Crippen molar-refractivity contribution in [3.8, 4) is 0 Å². The van der Waals surface area contributed by atoms with Crippen molar-refractivity contribution >= 4 is 5.97 Å². The zero-order chi connectivity index (χ0) is 17.3. The number of ether oxygens (including phenoxy) is 2. The zero-order valence-electron chi connectivity index (χ0n) is 15.2. The predicted octanol–water partition coefficient (Wildman–Crippen LogP) is 3.60. The average molecular weight is 331 g/mol. The normalized spacial score (nSPS) is 32.8. The Kier molecular flexibility index (Phi) is 4.97. The van der Waals surface area contributed by atoms with Gasteiger partial charge in [-0.05, 0) is 38.2 Å². The van der Waals surface area contributed by atoms with Gasteiger partial charge in [0.1, 0.15) is 0 Å². The molecule has 1 aliphatic carbocycles.